The number of pyridine rings is 1. The first kappa shape index (κ1) is 36.5. The standard InChI is InChI=1S/C33H25N7O8.K/c1-19(42)36-23-6-10-25(11-7-23)40-31(46)27(29(44)38-33(40)48)13-3-20(21-14-16-34-17-15-21)2-12-26-28(43)37-32(47)39(30(26)45)24-8-4-22(5-9-24)35-18-41;/h2-17,43H,35H2,1H3,(H,36,42)(H,37,47)(H,38,44,48);/q;+1/p-1. The Balaban J connectivity index is 0.00000541. The van der Waals surface area contributed by atoms with Gasteiger partial charge < -0.3 is 25.5 Å². The van der Waals surface area contributed by atoms with Crippen molar-refractivity contribution in [1.82, 2.24) is 19.9 Å². The van der Waals surface area contributed by atoms with Gasteiger partial charge in [-0.2, -0.15) is 0 Å². The third-order valence-electron chi connectivity index (χ3n) is 6.90. The molecule has 2 aromatic carbocycles. The molecule has 0 unspecified atom stereocenters. The second-order valence-electron chi connectivity index (χ2n) is 10.1. The summed E-state index contributed by atoms with van der Waals surface area (Å²) in [5, 5.41) is 18.6. The predicted molar refractivity (Wildman–Crippen MR) is 170 cm³/mol. The number of imide groups is 2. The number of rotatable bonds is 9. The number of quaternary nitrogens is 1. The van der Waals surface area contributed by atoms with Crippen LogP contribution in [-0.4, -0.2) is 44.7 Å². The van der Waals surface area contributed by atoms with Crippen LogP contribution in [0.25, 0.3) is 17.3 Å². The number of aromatic amines is 1. The fraction of sp³-hybridized carbons (Fsp3) is 0.0303. The summed E-state index contributed by atoms with van der Waals surface area (Å²) in [6, 6.07) is 13.9. The summed E-state index contributed by atoms with van der Waals surface area (Å²) in [5.74, 6) is -3.14. The molecule has 15 nitrogen and oxygen atoms in total. The molecule has 49 heavy (non-hydrogen) atoms. The molecule has 0 spiro atoms. The van der Waals surface area contributed by atoms with Crippen LogP contribution in [0.1, 0.15) is 18.1 Å². The van der Waals surface area contributed by atoms with Gasteiger partial charge in [0.25, 0.3) is 17.4 Å². The average molecular weight is 686 g/mol. The predicted octanol–water partition coefficient (Wildman–Crippen LogP) is -2.47. The van der Waals surface area contributed by atoms with Gasteiger partial charge in [0.15, 0.2) is 0 Å². The number of nitrogens with zero attached hydrogens (tertiary/aromatic N) is 3. The van der Waals surface area contributed by atoms with Crippen molar-refractivity contribution in [2.45, 2.75) is 6.92 Å². The number of amides is 6. The minimum Gasteiger partial charge on any atom is -0.860 e. The number of nitrogens with two attached hydrogens (primary N) is 1. The molecule has 0 radical (unpaired) electrons. The fourth-order valence-electron chi connectivity index (χ4n) is 4.65. The van der Waals surface area contributed by atoms with Crippen molar-refractivity contribution in [1.29, 1.82) is 0 Å². The Morgan fingerprint density at radius 3 is 2.24 bits per heavy atom. The van der Waals surface area contributed by atoms with Crippen LogP contribution in [0.4, 0.5) is 21.9 Å². The largest absolute Gasteiger partial charge is 1.00 e. The van der Waals surface area contributed by atoms with Crippen molar-refractivity contribution in [3.63, 3.8) is 0 Å². The second kappa shape index (κ2) is 16.2. The van der Waals surface area contributed by atoms with E-state index in [4.69, 9.17) is 0 Å². The van der Waals surface area contributed by atoms with Crippen LogP contribution in [0.2, 0.25) is 0 Å². The van der Waals surface area contributed by atoms with Crippen molar-refractivity contribution >= 4 is 58.9 Å². The number of carbonyl (C=O) groups excluding carboxylic acids is 5. The molecule has 5 rings (SSSR count). The monoisotopic (exact) mass is 685 g/mol. The Morgan fingerprint density at radius 2 is 1.61 bits per heavy atom. The quantitative estimate of drug-likeness (QED) is 0.0366. The summed E-state index contributed by atoms with van der Waals surface area (Å²) < 4.78 is 0.757. The van der Waals surface area contributed by atoms with Gasteiger partial charge in [-0.25, -0.2) is 19.1 Å². The molecular formula is C33H24KN7O8. The molecule has 6 amide bonds. The van der Waals surface area contributed by atoms with Crippen LogP contribution in [-0.2, 0) is 19.2 Å². The van der Waals surface area contributed by atoms with Crippen LogP contribution in [0, 0.1) is 0 Å². The summed E-state index contributed by atoms with van der Waals surface area (Å²) in [4.78, 5) is 93.6. The molecule has 4 aromatic rings. The number of carbonyl (C=O) groups is 4. The number of hydrogen-bond acceptors (Lipinski definition) is 9. The van der Waals surface area contributed by atoms with Crippen LogP contribution in [0.3, 0.4) is 0 Å². The van der Waals surface area contributed by atoms with E-state index in [-0.39, 0.29) is 68.7 Å². The Bertz CT molecular complexity index is 2150. The van der Waals surface area contributed by atoms with E-state index in [0.29, 0.717) is 22.5 Å². The zero-order valence-electron chi connectivity index (χ0n) is 25.9. The van der Waals surface area contributed by atoms with Crippen molar-refractivity contribution in [3.8, 4) is 11.6 Å². The minimum atomic E-state index is -0.972. The van der Waals surface area contributed by atoms with Crippen molar-refractivity contribution < 1.29 is 85.8 Å². The van der Waals surface area contributed by atoms with Gasteiger partial charge in [-0.15, -0.1) is 0 Å². The maximum atomic E-state index is 13.4. The Labute approximate surface area is 319 Å². The third-order valence-corrected chi connectivity index (χ3v) is 6.90. The molecule has 1 fully saturated rings. The molecule has 240 valence electrons. The van der Waals surface area contributed by atoms with E-state index in [0.717, 1.165) is 9.47 Å². The van der Waals surface area contributed by atoms with Crippen LogP contribution >= 0.6 is 0 Å². The molecule has 0 aliphatic carbocycles. The van der Waals surface area contributed by atoms with Crippen molar-refractivity contribution in [2.24, 2.45) is 0 Å². The summed E-state index contributed by atoms with van der Waals surface area (Å²) in [6.45, 7) is 1.33. The van der Waals surface area contributed by atoms with E-state index in [1.165, 1.54) is 97.5 Å². The second-order valence-corrected chi connectivity index (χ2v) is 10.1. The zero-order valence-corrected chi connectivity index (χ0v) is 29.0. The maximum absolute atomic E-state index is 13.4. The van der Waals surface area contributed by atoms with Gasteiger partial charge in [0.1, 0.15) is 11.3 Å². The van der Waals surface area contributed by atoms with Crippen LogP contribution in [0.15, 0.2) is 106 Å². The van der Waals surface area contributed by atoms with E-state index in [1.54, 1.807) is 18.5 Å². The molecule has 1 saturated heterocycles. The molecule has 2 aromatic heterocycles. The number of anilines is 2. The van der Waals surface area contributed by atoms with Crippen molar-refractivity contribution in [2.75, 3.05) is 10.2 Å². The third kappa shape index (κ3) is 8.38. The molecular weight excluding hydrogens is 662 g/mol. The van der Waals surface area contributed by atoms with Gasteiger partial charge in [-0.05, 0) is 96.2 Å². The summed E-state index contributed by atoms with van der Waals surface area (Å²) in [7, 11) is 0. The van der Waals surface area contributed by atoms with Gasteiger partial charge in [-0.1, -0.05) is 12.2 Å². The molecule has 0 atom stereocenters. The number of H-pyrrole nitrogens is 1. The van der Waals surface area contributed by atoms with E-state index in [1.807, 2.05) is 0 Å². The van der Waals surface area contributed by atoms with E-state index in [9.17, 15) is 38.7 Å². The Kier molecular flexibility index (Phi) is 12.0. The first-order valence-electron chi connectivity index (χ1n) is 14.0. The Morgan fingerprint density at radius 1 is 0.959 bits per heavy atom. The fourth-order valence-corrected chi connectivity index (χ4v) is 4.65. The molecule has 1 aliphatic heterocycles. The molecule has 1 aliphatic rings. The molecule has 5 N–H and O–H groups in total. The normalized spacial score (nSPS) is 14.1. The van der Waals surface area contributed by atoms with Gasteiger partial charge in [0.2, 0.25) is 5.91 Å². The number of primary amides is 1. The number of nitrogens with one attached hydrogen (secondary N) is 3. The molecule has 3 heterocycles. The van der Waals surface area contributed by atoms with Gasteiger partial charge in [-0.3, -0.25) is 29.5 Å². The summed E-state index contributed by atoms with van der Waals surface area (Å²) in [6.07, 6.45) is 9.70. The average Bonchev–Trinajstić information content (AvgIpc) is 3.05. The van der Waals surface area contributed by atoms with E-state index >= 15 is 0 Å². The van der Waals surface area contributed by atoms with Crippen molar-refractivity contribution in [3.05, 3.63) is 129 Å². The topological polar surface area (TPSA) is 220 Å². The van der Waals surface area contributed by atoms with Crippen LogP contribution < -0.4 is 88.6 Å². The molecule has 0 bridgehead atoms. The number of hydrogen-bond donors (Lipinski definition) is 4. The Hall–Kier alpha value is -5.36. The van der Waals surface area contributed by atoms with E-state index < -0.39 is 46.1 Å². The first-order valence-corrected chi connectivity index (χ1v) is 14.0. The SMILES string of the molecule is CC(=O)Nc1ccc(N2C(=O)NC(=O)C(=CC=C(C=Cc3c([O-])[nH]c(=O)n(-c4ccc([NH2+][C-]=O)cc4)c3=O)c3ccncc3)C2=O)cc1.[K+]. The minimum absolute atomic E-state index is 0. The smallest absolute Gasteiger partial charge is 0.860 e. The summed E-state index contributed by atoms with van der Waals surface area (Å²) in [5.41, 5.74) is -0.677. The number of benzene rings is 2. The van der Waals surface area contributed by atoms with Gasteiger partial charge >= 0.3 is 63.1 Å². The number of aromatic nitrogens is 3. The van der Waals surface area contributed by atoms with Crippen LogP contribution in [0.5, 0.6) is 5.88 Å². The number of urea groups is 1. The zero-order chi connectivity index (χ0) is 34.4. The van der Waals surface area contributed by atoms with Gasteiger partial charge in [0.05, 0.1) is 11.4 Å². The maximum Gasteiger partial charge on any atom is 1.00 e. The molecule has 16 heteroatoms. The van der Waals surface area contributed by atoms with Gasteiger partial charge in [0, 0.05) is 30.6 Å². The summed E-state index contributed by atoms with van der Waals surface area (Å²) >= 11 is 0. The number of allylic oxidation sites excluding steroid dienone is 4. The van der Waals surface area contributed by atoms with E-state index in [2.05, 4.69) is 20.6 Å². The number of barbiturate groups is 1. The first-order chi connectivity index (χ1) is 23.1. The molecule has 0 saturated carbocycles.